The third kappa shape index (κ3) is 5.62. The van der Waals surface area contributed by atoms with Crippen molar-refractivity contribution in [3.8, 4) is 0 Å². The number of hydrogen-bond donors (Lipinski definition) is 3. The number of carbonyl (C=O) groups excluding carboxylic acids is 2. The molecule has 6 heteroatoms. The van der Waals surface area contributed by atoms with Crippen molar-refractivity contribution in [3.05, 3.63) is 36.5 Å². The molecule has 2 rings (SSSR count). The number of fused-ring (bicyclic) bond motifs is 1. The van der Waals surface area contributed by atoms with Gasteiger partial charge in [0.1, 0.15) is 0 Å². The van der Waals surface area contributed by atoms with Gasteiger partial charge in [-0.1, -0.05) is 31.0 Å². The van der Waals surface area contributed by atoms with E-state index in [1.807, 2.05) is 24.3 Å². The Hall–Kier alpha value is -2.47. The van der Waals surface area contributed by atoms with E-state index in [9.17, 15) is 9.59 Å². The van der Waals surface area contributed by atoms with Gasteiger partial charge in [0.15, 0.2) is 0 Å². The lowest BCUT2D eigenvalue weighted by Crippen LogP contribution is -2.32. The van der Waals surface area contributed by atoms with Gasteiger partial charge >= 0.3 is 0 Å². The molecule has 2 aromatic rings. The Kier molecular flexibility index (Phi) is 7.17. The maximum absolute atomic E-state index is 12.0. The van der Waals surface area contributed by atoms with Crippen LogP contribution in [0.4, 0.5) is 5.69 Å². The van der Waals surface area contributed by atoms with Crippen LogP contribution in [-0.4, -0.2) is 29.9 Å². The van der Waals surface area contributed by atoms with Gasteiger partial charge in [0, 0.05) is 18.0 Å². The van der Waals surface area contributed by atoms with E-state index in [-0.39, 0.29) is 18.4 Å². The van der Waals surface area contributed by atoms with Crippen LogP contribution in [0.3, 0.4) is 0 Å². The minimum absolute atomic E-state index is 0.0369. The molecule has 1 aromatic carbocycles. The van der Waals surface area contributed by atoms with E-state index < -0.39 is 0 Å². The topological polar surface area (TPSA) is 97.1 Å². The fourth-order valence-corrected chi connectivity index (χ4v) is 2.45. The number of pyridine rings is 1. The Bertz CT molecular complexity index is 682. The molecule has 0 saturated heterocycles. The highest BCUT2D eigenvalue weighted by molar-refractivity contribution is 6.01. The van der Waals surface area contributed by atoms with Gasteiger partial charge in [0.2, 0.25) is 11.8 Å². The van der Waals surface area contributed by atoms with Crippen LogP contribution >= 0.6 is 0 Å². The SMILES string of the molecule is NCCCCCCC(=O)NCC(=O)Nc1cccc2cccnc12. The first kappa shape index (κ1) is 17.9. The molecule has 0 unspecified atom stereocenters. The van der Waals surface area contributed by atoms with Gasteiger partial charge in [-0.2, -0.15) is 0 Å². The molecule has 0 spiro atoms. The van der Waals surface area contributed by atoms with Crippen LogP contribution in [0.15, 0.2) is 36.5 Å². The number of amides is 2. The third-order valence-electron chi connectivity index (χ3n) is 3.71. The maximum atomic E-state index is 12.0. The van der Waals surface area contributed by atoms with Gasteiger partial charge in [-0.25, -0.2) is 0 Å². The molecule has 1 heterocycles. The smallest absolute Gasteiger partial charge is 0.243 e. The lowest BCUT2D eigenvalue weighted by molar-refractivity contribution is -0.124. The average Bonchev–Trinajstić information content (AvgIpc) is 2.60. The van der Waals surface area contributed by atoms with Crippen LogP contribution < -0.4 is 16.4 Å². The molecule has 0 saturated carbocycles. The quantitative estimate of drug-likeness (QED) is 0.615. The zero-order valence-corrected chi connectivity index (χ0v) is 13.8. The first-order chi connectivity index (χ1) is 11.7. The molecule has 2 amide bonds. The fourth-order valence-electron chi connectivity index (χ4n) is 2.45. The van der Waals surface area contributed by atoms with Crippen molar-refractivity contribution in [1.82, 2.24) is 10.3 Å². The summed E-state index contributed by atoms with van der Waals surface area (Å²) < 4.78 is 0. The molecule has 1 aromatic heterocycles. The lowest BCUT2D eigenvalue weighted by atomic mass is 10.1. The Morgan fingerprint density at radius 2 is 1.79 bits per heavy atom. The first-order valence-electron chi connectivity index (χ1n) is 8.31. The van der Waals surface area contributed by atoms with E-state index in [0.29, 0.717) is 18.7 Å². The molecule has 0 aliphatic carbocycles. The van der Waals surface area contributed by atoms with Crippen molar-refractivity contribution in [2.75, 3.05) is 18.4 Å². The standard InChI is InChI=1S/C18H24N4O2/c19-11-4-2-1-3-10-16(23)21-13-17(24)22-15-9-5-7-14-8-6-12-20-18(14)15/h5-9,12H,1-4,10-11,13,19H2,(H,21,23)(H,22,24). The number of anilines is 1. The Balaban J connectivity index is 1.76. The van der Waals surface area contributed by atoms with Crippen molar-refractivity contribution < 1.29 is 9.59 Å². The van der Waals surface area contributed by atoms with Crippen LogP contribution in [0.2, 0.25) is 0 Å². The Labute approximate surface area is 141 Å². The fraction of sp³-hybridized carbons (Fsp3) is 0.389. The maximum Gasteiger partial charge on any atom is 0.243 e. The molecular weight excluding hydrogens is 304 g/mol. The molecular formula is C18H24N4O2. The summed E-state index contributed by atoms with van der Waals surface area (Å²) in [6.45, 7) is 0.653. The number of unbranched alkanes of at least 4 members (excludes halogenated alkanes) is 3. The molecule has 24 heavy (non-hydrogen) atoms. The van der Waals surface area contributed by atoms with Crippen molar-refractivity contribution in [3.63, 3.8) is 0 Å². The zero-order valence-electron chi connectivity index (χ0n) is 13.8. The second kappa shape index (κ2) is 9.62. The van der Waals surface area contributed by atoms with Crippen molar-refractivity contribution in [2.45, 2.75) is 32.1 Å². The number of aromatic nitrogens is 1. The molecule has 0 atom stereocenters. The normalized spacial score (nSPS) is 10.5. The number of nitrogens with one attached hydrogen (secondary N) is 2. The van der Waals surface area contributed by atoms with Crippen LogP contribution in [0.1, 0.15) is 32.1 Å². The second-order valence-electron chi connectivity index (χ2n) is 5.66. The van der Waals surface area contributed by atoms with E-state index in [4.69, 9.17) is 5.73 Å². The summed E-state index contributed by atoms with van der Waals surface area (Å²) >= 11 is 0. The number of carbonyl (C=O) groups is 2. The number of hydrogen-bond acceptors (Lipinski definition) is 4. The van der Waals surface area contributed by atoms with Gasteiger partial charge in [-0.15, -0.1) is 0 Å². The van der Waals surface area contributed by atoms with Gasteiger partial charge in [-0.3, -0.25) is 14.6 Å². The lowest BCUT2D eigenvalue weighted by Gasteiger charge is -2.09. The summed E-state index contributed by atoms with van der Waals surface area (Å²) in [4.78, 5) is 28.0. The van der Waals surface area contributed by atoms with Crippen LogP contribution in [-0.2, 0) is 9.59 Å². The van der Waals surface area contributed by atoms with Crippen molar-refractivity contribution >= 4 is 28.4 Å². The van der Waals surface area contributed by atoms with Crippen LogP contribution in [0.25, 0.3) is 10.9 Å². The summed E-state index contributed by atoms with van der Waals surface area (Å²) in [5.41, 5.74) is 6.80. The molecule has 0 fully saturated rings. The highest BCUT2D eigenvalue weighted by Gasteiger charge is 2.08. The van der Waals surface area contributed by atoms with E-state index in [0.717, 1.165) is 36.6 Å². The average molecular weight is 328 g/mol. The Morgan fingerprint density at radius 3 is 2.62 bits per heavy atom. The summed E-state index contributed by atoms with van der Waals surface area (Å²) in [5.74, 6) is -0.362. The Morgan fingerprint density at radius 1 is 1.00 bits per heavy atom. The van der Waals surface area contributed by atoms with E-state index >= 15 is 0 Å². The zero-order chi connectivity index (χ0) is 17.2. The number of nitrogens with zero attached hydrogens (tertiary/aromatic N) is 1. The number of rotatable bonds is 9. The van der Waals surface area contributed by atoms with E-state index in [1.54, 1.807) is 12.3 Å². The van der Waals surface area contributed by atoms with Gasteiger partial charge in [0.25, 0.3) is 0 Å². The number of para-hydroxylation sites is 1. The summed E-state index contributed by atoms with van der Waals surface area (Å²) in [6, 6.07) is 9.38. The highest BCUT2D eigenvalue weighted by atomic mass is 16.2. The molecule has 0 aliphatic rings. The van der Waals surface area contributed by atoms with Crippen molar-refractivity contribution in [2.24, 2.45) is 5.73 Å². The minimum Gasteiger partial charge on any atom is -0.347 e. The predicted octanol–water partition coefficient (Wildman–Crippen LogP) is 2.20. The second-order valence-corrected chi connectivity index (χ2v) is 5.66. The third-order valence-corrected chi connectivity index (χ3v) is 3.71. The molecule has 0 radical (unpaired) electrons. The largest absolute Gasteiger partial charge is 0.347 e. The summed E-state index contributed by atoms with van der Waals surface area (Å²) in [5, 5.41) is 6.40. The molecule has 0 aliphatic heterocycles. The van der Waals surface area contributed by atoms with Crippen LogP contribution in [0.5, 0.6) is 0 Å². The predicted molar refractivity (Wildman–Crippen MR) is 95.5 cm³/mol. The molecule has 6 nitrogen and oxygen atoms in total. The summed E-state index contributed by atoms with van der Waals surface area (Å²) in [7, 11) is 0. The van der Waals surface area contributed by atoms with E-state index in [2.05, 4.69) is 15.6 Å². The van der Waals surface area contributed by atoms with E-state index in [1.165, 1.54) is 0 Å². The molecule has 4 N–H and O–H groups in total. The molecule has 0 bridgehead atoms. The number of benzene rings is 1. The van der Waals surface area contributed by atoms with Crippen molar-refractivity contribution in [1.29, 1.82) is 0 Å². The minimum atomic E-state index is -0.260. The highest BCUT2D eigenvalue weighted by Crippen LogP contribution is 2.20. The van der Waals surface area contributed by atoms with Gasteiger partial charge in [-0.05, 0) is 31.5 Å². The monoisotopic (exact) mass is 328 g/mol. The number of nitrogens with two attached hydrogens (primary N) is 1. The summed E-state index contributed by atoms with van der Waals surface area (Å²) in [6.07, 6.45) is 5.96. The van der Waals surface area contributed by atoms with Gasteiger partial charge in [0.05, 0.1) is 17.7 Å². The van der Waals surface area contributed by atoms with Gasteiger partial charge < -0.3 is 16.4 Å². The molecule has 128 valence electrons. The van der Waals surface area contributed by atoms with Crippen LogP contribution in [0, 0.1) is 0 Å². The first-order valence-corrected chi connectivity index (χ1v) is 8.31.